The van der Waals surface area contributed by atoms with Gasteiger partial charge in [0.2, 0.25) is 0 Å². The van der Waals surface area contributed by atoms with Gasteiger partial charge in [-0.3, -0.25) is 9.36 Å². The summed E-state index contributed by atoms with van der Waals surface area (Å²) in [5.41, 5.74) is 0.717. The lowest BCUT2D eigenvalue weighted by Gasteiger charge is -2.16. The number of nitrogens with zero attached hydrogens (tertiary/aromatic N) is 4. The van der Waals surface area contributed by atoms with E-state index < -0.39 is 11.2 Å². The molecule has 0 aliphatic heterocycles. The van der Waals surface area contributed by atoms with Gasteiger partial charge < -0.3 is 9.30 Å². The van der Waals surface area contributed by atoms with E-state index in [0.29, 0.717) is 17.0 Å². The van der Waals surface area contributed by atoms with Gasteiger partial charge in [-0.25, -0.2) is 18.7 Å². The Kier molecular flexibility index (Phi) is 4.99. The Hall–Kier alpha value is -3.68. The number of fused-ring (bicyclic) bond motifs is 1. The van der Waals surface area contributed by atoms with E-state index in [2.05, 4.69) is 4.98 Å². The van der Waals surface area contributed by atoms with Gasteiger partial charge in [-0.1, -0.05) is 24.3 Å². The molecule has 0 amide bonds. The molecule has 0 saturated heterocycles. The minimum atomic E-state index is -0.497. The van der Waals surface area contributed by atoms with Crippen LogP contribution < -0.4 is 16.0 Å². The van der Waals surface area contributed by atoms with E-state index in [0.717, 1.165) is 0 Å². The highest BCUT2D eigenvalue weighted by Gasteiger charge is 2.22. The lowest BCUT2D eigenvalue weighted by Crippen LogP contribution is -2.41. The molecule has 0 aliphatic rings. The number of imidazole rings is 1. The van der Waals surface area contributed by atoms with Crippen molar-refractivity contribution in [1.82, 2.24) is 18.7 Å². The van der Waals surface area contributed by atoms with E-state index in [9.17, 15) is 14.0 Å². The Morgan fingerprint density at radius 1 is 1.10 bits per heavy atom. The van der Waals surface area contributed by atoms with Crippen LogP contribution in [0.2, 0.25) is 0 Å². The first-order chi connectivity index (χ1) is 14.4. The minimum Gasteiger partial charge on any atom is -0.495 e. The van der Waals surface area contributed by atoms with Gasteiger partial charge in [0.1, 0.15) is 11.6 Å². The van der Waals surface area contributed by atoms with Crippen LogP contribution in [0.25, 0.3) is 16.9 Å². The van der Waals surface area contributed by atoms with Crippen LogP contribution in [0.3, 0.4) is 0 Å². The predicted molar refractivity (Wildman–Crippen MR) is 112 cm³/mol. The van der Waals surface area contributed by atoms with E-state index in [-0.39, 0.29) is 29.6 Å². The number of hydrogen-bond acceptors (Lipinski definition) is 4. The van der Waals surface area contributed by atoms with Crippen LogP contribution in [-0.4, -0.2) is 25.8 Å². The Bertz CT molecular complexity index is 1350. The third kappa shape index (κ3) is 3.20. The van der Waals surface area contributed by atoms with Crippen LogP contribution in [0.5, 0.6) is 5.75 Å². The van der Waals surface area contributed by atoms with Gasteiger partial charge in [0, 0.05) is 12.6 Å². The van der Waals surface area contributed by atoms with E-state index >= 15 is 0 Å². The second-order valence-corrected chi connectivity index (χ2v) is 7.23. The average molecular weight is 408 g/mol. The average Bonchev–Trinajstić information content (AvgIpc) is 3.11. The molecule has 0 N–H and O–H groups in total. The van der Waals surface area contributed by atoms with Gasteiger partial charge in [-0.05, 0) is 43.7 Å². The SMILES string of the molecule is COc1ccccc1-n1c(=O)n(C(C)C)c(=O)c2c1ncn2Cc1cccc(F)c1. The first kappa shape index (κ1) is 19.6. The molecule has 0 saturated carbocycles. The van der Waals surface area contributed by atoms with Crippen molar-refractivity contribution in [2.45, 2.75) is 26.4 Å². The smallest absolute Gasteiger partial charge is 0.337 e. The standard InChI is InChI=1S/C22H21FN4O3/c1-14(2)26-21(28)19-20(24-13-25(19)12-15-7-6-8-16(23)11-15)27(22(26)29)17-9-4-5-10-18(17)30-3/h4-11,13-14H,12H2,1-3H3. The molecule has 0 unspecified atom stereocenters. The van der Waals surface area contributed by atoms with Gasteiger partial charge in [-0.15, -0.1) is 0 Å². The third-order valence-electron chi connectivity index (χ3n) is 4.93. The summed E-state index contributed by atoms with van der Waals surface area (Å²) >= 11 is 0. The minimum absolute atomic E-state index is 0.225. The molecule has 0 aliphatic carbocycles. The number of halogens is 1. The lowest BCUT2D eigenvalue weighted by molar-refractivity contribution is 0.412. The molecule has 0 spiro atoms. The number of benzene rings is 2. The van der Waals surface area contributed by atoms with Crippen molar-refractivity contribution in [2.75, 3.05) is 7.11 Å². The first-order valence-corrected chi connectivity index (χ1v) is 9.52. The first-order valence-electron chi connectivity index (χ1n) is 9.52. The highest BCUT2D eigenvalue weighted by atomic mass is 19.1. The lowest BCUT2D eigenvalue weighted by atomic mass is 10.2. The molecule has 0 atom stereocenters. The maximum absolute atomic E-state index is 13.6. The quantitative estimate of drug-likeness (QED) is 0.509. The monoisotopic (exact) mass is 408 g/mol. The molecule has 8 heteroatoms. The Balaban J connectivity index is 2.05. The zero-order chi connectivity index (χ0) is 21.4. The van der Waals surface area contributed by atoms with Crippen molar-refractivity contribution >= 4 is 11.2 Å². The van der Waals surface area contributed by atoms with E-state index in [4.69, 9.17) is 4.74 Å². The fraction of sp³-hybridized carbons (Fsp3) is 0.227. The molecule has 2 aromatic carbocycles. The summed E-state index contributed by atoms with van der Waals surface area (Å²) in [6.07, 6.45) is 1.49. The molecule has 4 rings (SSSR count). The molecule has 0 bridgehead atoms. The number of ether oxygens (including phenoxy) is 1. The summed E-state index contributed by atoms with van der Waals surface area (Å²) in [5, 5.41) is 0. The van der Waals surface area contributed by atoms with E-state index in [1.54, 1.807) is 54.8 Å². The van der Waals surface area contributed by atoms with Crippen molar-refractivity contribution in [3.05, 3.63) is 87.1 Å². The molecule has 0 fully saturated rings. The number of para-hydroxylation sites is 2. The topological polar surface area (TPSA) is 71.1 Å². The molecule has 2 heterocycles. The zero-order valence-electron chi connectivity index (χ0n) is 16.9. The number of methoxy groups -OCH3 is 1. The van der Waals surface area contributed by atoms with Gasteiger partial charge >= 0.3 is 5.69 Å². The largest absolute Gasteiger partial charge is 0.495 e. The molecule has 154 valence electrons. The summed E-state index contributed by atoms with van der Waals surface area (Å²) in [5.74, 6) is 0.122. The van der Waals surface area contributed by atoms with Crippen LogP contribution in [0.15, 0.2) is 64.4 Å². The summed E-state index contributed by atoms with van der Waals surface area (Å²) in [6, 6.07) is 12.8. The van der Waals surface area contributed by atoms with Gasteiger partial charge in [-0.2, -0.15) is 0 Å². The fourth-order valence-corrected chi connectivity index (χ4v) is 3.59. The van der Waals surface area contributed by atoms with Gasteiger partial charge in [0.15, 0.2) is 11.2 Å². The van der Waals surface area contributed by atoms with Crippen molar-refractivity contribution in [2.24, 2.45) is 0 Å². The molecule has 0 radical (unpaired) electrons. The van der Waals surface area contributed by atoms with Crippen LogP contribution in [-0.2, 0) is 6.54 Å². The van der Waals surface area contributed by atoms with Crippen molar-refractivity contribution in [3.8, 4) is 11.4 Å². The Morgan fingerprint density at radius 2 is 1.87 bits per heavy atom. The molecule has 30 heavy (non-hydrogen) atoms. The van der Waals surface area contributed by atoms with Crippen LogP contribution in [0.4, 0.5) is 4.39 Å². The number of aromatic nitrogens is 4. The second-order valence-electron chi connectivity index (χ2n) is 7.23. The van der Waals surface area contributed by atoms with Crippen molar-refractivity contribution < 1.29 is 9.13 Å². The third-order valence-corrected chi connectivity index (χ3v) is 4.93. The molecule has 2 aromatic heterocycles. The van der Waals surface area contributed by atoms with Gasteiger partial charge in [0.25, 0.3) is 5.56 Å². The zero-order valence-corrected chi connectivity index (χ0v) is 16.9. The van der Waals surface area contributed by atoms with Crippen molar-refractivity contribution in [3.63, 3.8) is 0 Å². The number of hydrogen-bond donors (Lipinski definition) is 0. The Morgan fingerprint density at radius 3 is 2.57 bits per heavy atom. The van der Waals surface area contributed by atoms with Crippen LogP contribution in [0, 0.1) is 5.82 Å². The second kappa shape index (κ2) is 7.62. The summed E-state index contributed by atoms with van der Waals surface area (Å²) < 4.78 is 23.3. The molecular formula is C22H21FN4O3. The maximum Gasteiger partial charge on any atom is 0.337 e. The molecule has 7 nitrogen and oxygen atoms in total. The van der Waals surface area contributed by atoms with Crippen LogP contribution >= 0.6 is 0 Å². The summed E-state index contributed by atoms with van der Waals surface area (Å²) in [7, 11) is 1.52. The van der Waals surface area contributed by atoms with E-state index in [1.165, 1.54) is 34.7 Å². The molecular weight excluding hydrogens is 387 g/mol. The maximum atomic E-state index is 13.6. The highest BCUT2D eigenvalue weighted by molar-refractivity contribution is 5.73. The highest BCUT2D eigenvalue weighted by Crippen LogP contribution is 2.23. The predicted octanol–water partition coefficient (Wildman–Crippen LogP) is 3.13. The van der Waals surface area contributed by atoms with Crippen molar-refractivity contribution in [1.29, 1.82) is 0 Å². The Labute approximate surface area is 171 Å². The molecule has 4 aromatic rings. The normalized spacial score (nSPS) is 11.4. The van der Waals surface area contributed by atoms with E-state index in [1.807, 2.05) is 0 Å². The number of rotatable bonds is 5. The van der Waals surface area contributed by atoms with Crippen LogP contribution in [0.1, 0.15) is 25.5 Å². The summed E-state index contributed by atoms with van der Waals surface area (Å²) in [4.78, 5) is 30.9. The fourth-order valence-electron chi connectivity index (χ4n) is 3.59. The van der Waals surface area contributed by atoms with Gasteiger partial charge in [0.05, 0.1) is 19.1 Å². The summed E-state index contributed by atoms with van der Waals surface area (Å²) in [6.45, 7) is 3.79.